The number of ether oxygens (including phenoxy) is 4. The van der Waals surface area contributed by atoms with Crippen molar-refractivity contribution in [1.29, 1.82) is 0 Å². The predicted octanol–water partition coefficient (Wildman–Crippen LogP) is -0.464. The number of carbonyl (C=O) groups excluding carboxylic acids is 3. The first-order valence-electron chi connectivity index (χ1n) is 9.90. The van der Waals surface area contributed by atoms with E-state index in [9.17, 15) is 14.4 Å². The van der Waals surface area contributed by atoms with Crippen molar-refractivity contribution in [3.8, 4) is 11.5 Å². The van der Waals surface area contributed by atoms with Gasteiger partial charge in [-0.15, -0.1) is 0 Å². The Kier molecular flexibility index (Phi) is 10.3. The molecular formula is C20H28N4O7. The van der Waals surface area contributed by atoms with Gasteiger partial charge in [0.2, 0.25) is 0 Å². The number of amides is 3. The molecule has 0 unspecified atom stereocenters. The molecule has 1 aromatic rings. The maximum atomic E-state index is 12.3. The Morgan fingerprint density at radius 2 is 1.94 bits per heavy atom. The van der Waals surface area contributed by atoms with Gasteiger partial charge in [0.05, 0.1) is 32.6 Å². The molecule has 1 aromatic carbocycles. The number of rotatable bonds is 10. The Hall–Kier alpha value is -3.18. The van der Waals surface area contributed by atoms with Crippen molar-refractivity contribution < 1.29 is 33.3 Å². The third kappa shape index (κ3) is 8.22. The molecule has 11 nitrogen and oxygen atoms in total. The van der Waals surface area contributed by atoms with E-state index in [1.807, 2.05) is 6.92 Å². The van der Waals surface area contributed by atoms with E-state index in [0.29, 0.717) is 56.6 Å². The number of hydrazone groups is 1. The number of carbonyl (C=O) groups is 3. The fourth-order valence-electron chi connectivity index (χ4n) is 2.60. The lowest BCUT2D eigenvalue weighted by Crippen LogP contribution is -2.43. The highest BCUT2D eigenvalue weighted by atomic mass is 16.5. The van der Waals surface area contributed by atoms with Crippen molar-refractivity contribution in [2.45, 2.75) is 6.92 Å². The van der Waals surface area contributed by atoms with Crippen LogP contribution in [0, 0.1) is 0 Å². The molecule has 11 heteroatoms. The van der Waals surface area contributed by atoms with E-state index in [0.717, 1.165) is 0 Å². The zero-order valence-corrected chi connectivity index (χ0v) is 17.7. The third-order valence-corrected chi connectivity index (χ3v) is 4.16. The molecule has 3 amide bonds. The summed E-state index contributed by atoms with van der Waals surface area (Å²) in [5.41, 5.74) is 2.75. The van der Waals surface area contributed by atoms with Gasteiger partial charge in [0.1, 0.15) is 0 Å². The molecular weight excluding hydrogens is 408 g/mol. The highest BCUT2D eigenvalue weighted by Gasteiger charge is 2.18. The van der Waals surface area contributed by atoms with Gasteiger partial charge in [-0.05, 0) is 30.7 Å². The van der Waals surface area contributed by atoms with Gasteiger partial charge in [-0.2, -0.15) is 5.10 Å². The Balaban J connectivity index is 1.91. The van der Waals surface area contributed by atoms with E-state index in [4.69, 9.17) is 18.9 Å². The molecule has 0 bridgehead atoms. The number of morpholine rings is 1. The van der Waals surface area contributed by atoms with Crippen LogP contribution in [-0.2, 0) is 23.9 Å². The van der Waals surface area contributed by atoms with E-state index in [2.05, 4.69) is 15.8 Å². The van der Waals surface area contributed by atoms with Gasteiger partial charge in [0.25, 0.3) is 5.91 Å². The molecule has 0 aliphatic carbocycles. The molecule has 0 atom stereocenters. The van der Waals surface area contributed by atoms with Crippen LogP contribution in [0.1, 0.15) is 12.5 Å². The third-order valence-electron chi connectivity index (χ3n) is 4.16. The van der Waals surface area contributed by atoms with E-state index >= 15 is 0 Å². The van der Waals surface area contributed by atoms with Gasteiger partial charge < -0.3 is 29.2 Å². The fourth-order valence-corrected chi connectivity index (χ4v) is 2.60. The van der Waals surface area contributed by atoms with E-state index < -0.39 is 11.8 Å². The van der Waals surface area contributed by atoms with Crippen LogP contribution in [0.5, 0.6) is 11.5 Å². The Labute approximate surface area is 180 Å². The minimum Gasteiger partial charge on any atom is -0.490 e. The topological polar surface area (TPSA) is 128 Å². The van der Waals surface area contributed by atoms with E-state index in [1.54, 1.807) is 23.1 Å². The first-order chi connectivity index (χ1) is 15.0. The SMILES string of the molecule is CCOc1cc(/C=N\NC(=O)C(=O)NCCOC)ccc1OCC(=O)N1CCOCC1. The summed E-state index contributed by atoms with van der Waals surface area (Å²) < 4.78 is 21.3. The second-order valence-electron chi connectivity index (χ2n) is 6.37. The van der Waals surface area contributed by atoms with Crippen molar-refractivity contribution in [2.75, 3.05) is 59.8 Å². The summed E-state index contributed by atoms with van der Waals surface area (Å²) in [6, 6.07) is 5.00. The van der Waals surface area contributed by atoms with Gasteiger partial charge in [-0.25, -0.2) is 5.43 Å². The monoisotopic (exact) mass is 436 g/mol. The molecule has 0 radical (unpaired) electrons. The molecule has 0 spiro atoms. The standard InChI is InChI=1S/C20H28N4O7/c1-3-30-17-12-15(13-22-23-20(27)19(26)21-6-9-28-2)4-5-16(17)31-14-18(25)24-7-10-29-11-8-24/h4-5,12-13H,3,6-11,14H2,1-2H3,(H,21,26)(H,23,27)/b22-13-. The van der Waals surface area contributed by atoms with Gasteiger partial charge in [-0.1, -0.05) is 0 Å². The zero-order valence-electron chi connectivity index (χ0n) is 17.7. The number of nitrogens with one attached hydrogen (secondary N) is 2. The van der Waals surface area contributed by atoms with Crippen molar-refractivity contribution in [2.24, 2.45) is 5.10 Å². The van der Waals surface area contributed by atoms with Crippen molar-refractivity contribution >= 4 is 23.9 Å². The summed E-state index contributed by atoms with van der Waals surface area (Å²) in [7, 11) is 1.49. The minimum atomic E-state index is -0.890. The molecule has 31 heavy (non-hydrogen) atoms. The highest BCUT2D eigenvalue weighted by molar-refractivity contribution is 6.35. The summed E-state index contributed by atoms with van der Waals surface area (Å²) >= 11 is 0. The predicted molar refractivity (Wildman–Crippen MR) is 111 cm³/mol. The molecule has 1 fully saturated rings. The van der Waals surface area contributed by atoms with E-state index in [-0.39, 0.29) is 19.1 Å². The Morgan fingerprint density at radius 3 is 2.65 bits per heavy atom. The number of hydrogen-bond donors (Lipinski definition) is 2. The lowest BCUT2D eigenvalue weighted by molar-refractivity contribution is -0.139. The molecule has 0 aromatic heterocycles. The number of nitrogens with zero attached hydrogens (tertiary/aromatic N) is 2. The normalized spacial score (nSPS) is 13.7. The van der Waals surface area contributed by atoms with Crippen LogP contribution >= 0.6 is 0 Å². The first kappa shape index (κ1) is 24.1. The smallest absolute Gasteiger partial charge is 0.329 e. The lowest BCUT2D eigenvalue weighted by atomic mass is 10.2. The quantitative estimate of drug-likeness (QED) is 0.220. The molecule has 1 aliphatic rings. The largest absolute Gasteiger partial charge is 0.490 e. The van der Waals surface area contributed by atoms with Crippen molar-refractivity contribution in [3.63, 3.8) is 0 Å². The van der Waals surface area contributed by atoms with Crippen molar-refractivity contribution in [3.05, 3.63) is 23.8 Å². The second kappa shape index (κ2) is 13.2. The zero-order chi connectivity index (χ0) is 22.5. The maximum Gasteiger partial charge on any atom is 0.329 e. The summed E-state index contributed by atoms with van der Waals surface area (Å²) in [4.78, 5) is 37.2. The first-order valence-corrected chi connectivity index (χ1v) is 9.90. The van der Waals surface area contributed by atoms with Crippen LogP contribution in [0.4, 0.5) is 0 Å². The van der Waals surface area contributed by atoms with Crippen LogP contribution in [0.15, 0.2) is 23.3 Å². The Morgan fingerprint density at radius 1 is 1.16 bits per heavy atom. The maximum absolute atomic E-state index is 12.3. The van der Waals surface area contributed by atoms with Gasteiger partial charge >= 0.3 is 11.8 Å². The average Bonchev–Trinajstić information content (AvgIpc) is 2.79. The summed E-state index contributed by atoms with van der Waals surface area (Å²) in [6.45, 7) is 4.78. The number of methoxy groups -OCH3 is 1. The summed E-state index contributed by atoms with van der Waals surface area (Å²) in [6.07, 6.45) is 1.37. The van der Waals surface area contributed by atoms with Gasteiger partial charge in [-0.3, -0.25) is 14.4 Å². The molecule has 170 valence electrons. The summed E-state index contributed by atoms with van der Waals surface area (Å²) in [5, 5.41) is 6.16. The fraction of sp³-hybridized carbons (Fsp3) is 0.500. The van der Waals surface area contributed by atoms with Crippen molar-refractivity contribution in [1.82, 2.24) is 15.6 Å². The number of hydrogen-bond acceptors (Lipinski definition) is 8. The average molecular weight is 436 g/mol. The molecule has 2 N–H and O–H groups in total. The molecule has 1 aliphatic heterocycles. The van der Waals surface area contributed by atoms with Crippen LogP contribution in [0.2, 0.25) is 0 Å². The lowest BCUT2D eigenvalue weighted by Gasteiger charge is -2.26. The second-order valence-corrected chi connectivity index (χ2v) is 6.37. The van der Waals surface area contributed by atoms with Crippen LogP contribution in [0.25, 0.3) is 0 Å². The molecule has 1 heterocycles. The van der Waals surface area contributed by atoms with Crippen LogP contribution < -0.4 is 20.2 Å². The minimum absolute atomic E-state index is 0.109. The molecule has 0 saturated carbocycles. The number of benzene rings is 1. The van der Waals surface area contributed by atoms with Gasteiger partial charge in [0, 0.05) is 26.7 Å². The summed E-state index contributed by atoms with van der Waals surface area (Å²) in [5.74, 6) is -0.966. The highest BCUT2D eigenvalue weighted by Crippen LogP contribution is 2.28. The van der Waals surface area contributed by atoms with Crippen LogP contribution in [0.3, 0.4) is 0 Å². The Bertz CT molecular complexity index is 779. The molecule has 2 rings (SSSR count). The van der Waals surface area contributed by atoms with Crippen LogP contribution in [-0.4, -0.2) is 88.6 Å². The molecule has 1 saturated heterocycles. The van der Waals surface area contributed by atoms with Gasteiger partial charge in [0.15, 0.2) is 18.1 Å². The van der Waals surface area contributed by atoms with E-state index in [1.165, 1.54) is 13.3 Å².